The van der Waals surface area contributed by atoms with Gasteiger partial charge in [0.25, 0.3) is 5.91 Å². The molecule has 0 bridgehead atoms. The number of carbonyl (C=O) groups is 3. The first-order valence-corrected chi connectivity index (χ1v) is 9.75. The van der Waals surface area contributed by atoms with Crippen LogP contribution in [0.5, 0.6) is 0 Å². The molecule has 1 aromatic carbocycles. The number of nitrogens with one attached hydrogen (secondary N) is 3. The van der Waals surface area contributed by atoms with Gasteiger partial charge in [-0.25, -0.2) is 0 Å². The smallest absolute Gasteiger partial charge is 0.251 e. The van der Waals surface area contributed by atoms with E-state index in [1.165, 1.54) is 0 Å². The number of rotatable bonds is 6. The summed E-state index contributed by atoms with van der Waals surface area (Å²) in [6.45, 7) is 2.82. The van der Waals surface area contributed by atoms with Crippen molar-refractivity contribution in [1.82, 2.24) is 20.9 Å². The van der Waals surface area contributed by atoms with E-state index in [-0.39, 0.29) is 48.6 Å². The Kier molecular flexibility index (Phi) is 8.73. The van der Waals surface area contributed by atoms with E-state index >= 15 is 0 Å². The molecule has 28 heavy (non-hydrogen) atoms. The van der Waals surface area contributed by atoms with Crippen molar-refractivity contribution in [3.8, 4) is 0 Å². The highest BCUT2D eigenvalue weighted by atomic mass is 35.5. The number of nitrogens with zero attached hydrogens (tertiary/aromatic N) is 1. The van der Waals surface area contributed by atoms with Crippen molar-refractivity contribution in [2.75, 3.05) is 32.7 Å². The Bertz CT molecular complexity index is 665. The largest absolute Gasteiger partial charge is 0.354 e. The minimum atomic E-state index is -0.242. The van der Waals surface area contributed by atoms with Gasteiger partial charge < -0.3 is 20.9 Å². The molecular formula is C20H29ClN4O3. The Morgan fingerprint density at radius 3 is 2.57 bits per heavy atom. The second-order valence-electron chi connectivity index (χ2n) is 7.29. The Hall–Kier alpha value is -2.12. The number of likely N-dealkylation sites (tertiary alicyclic amines) is 1. The Morgan fingerprint density at radius 2 is 1.86 bits per heavy atom. The summed E-state index contributed by atoms with van der Waals surface area (Å²) < 4.78 is 0. The summed E-state index contributed by atoms with van der Waals surface area (Å²) >= 11 is 0. The molecule has 154 valence electrons. The van der Waals surface area contributed by atoms with Crippen LogP contribution in [-0.2, 0) is 9.59 Å². The number of hydrogen-bond donors (Lipinski definition) is 3. The van der Waals surface area contributed by atoms with Gasteiger partial charge in [-0.05, 0) is 50.3 Å². The maximum atomic E-state index is 12.4. The van der Waals surface area contributed by atoms with Crippen molar-refractivity contribution < 1.29 is 14.4 Å². The molecule has 0 aliphatic carbocycles. The lowest BCUT2D eigenvalue weighted by atomic mass is 9.97. The van der Waals surface area contributed by atoms with E-state index in [2.05, 4.69) is 16.0 Å². The lowest BCUT2D eigenvalue weighted by Gasteiger charge is -2.33. The van der Waals surface area contributed by atoms with Gasteiger partial charge in [-0.3, -0.25) is 14.4 Å². The summed E-state index contributed by atoms with van der Waals surface area (Å²) in [6, 6.07) is 8.80. The maximum Gasteiger partial charge on any atom is 0.251 e. The van der Waals surface area contributed by atoms with Crippen LogP contribution in [0.1, 0.15) is 36.0 Å². The molecule has 1 aromatic rings. The summed E-state index contributed by atoms with van der Waals surface area (Å²) in [6.07, 6.45) is 3.85. The first-order chi connectivity index (χ1) is 13.1. The van der Waals surface area contributed by atoms with Gasteiger partial charge >= 0.3 is 0 Å². The molecule has 0 saturated carbocycles. The highest BCUT2D eigenvalue weighted by molar-refractivity contribution is 5.96. The third-order valence-corrected chi connectivity index (χ3v) is 5.25. The summed E-state index contributed by atoms with van der Waals surface area (Å²) in [4.78, 5) is 38.4. The Labute approximate surface area is 172 Å². The summed E-state index contributed by atoms with van der Waals surface area (Å²) in [5, 5.41) is 8.90. The highest BCUT2D eigenvalue weighted by Gasteiger charge is 2.26. The first-order valence-electron chi connectivity index (χ1n) is 9.75. The van der Waals surface area contributed by atoms with Crippen molar-refractivity contribution in [2.24, 2.45) is 5.92 Å². The van der Waals surface area contributed by atoms with Gasteiger partial charge in [-0.2, -0.15) is 0 Å². The molecular weight excluding hydrogens is 380 g/mol. The molecule has 2 heterocycles. The molecule has 0 spiro atoms. The SMILES string of the molecule is Cl.O=C(NCC(=O)N1CCCC(CNC(=O)C2CCCN2)C1)c1ccccc1. The summed E-state index contributed by atoms with van der Waals surface area (Å²) in [7, 11) is 0. The number of carbonyl (C=O) groups excluding carboxylic acids is 3. The molecule has 3 rings (SSSR count). The number of benzene rings is 1. The van der Waals surface area contributed by atoms with Crippen molar-refractivity contribution in [3.05, 3.63) is 35.9 Å². The zero-order chi connectivity index (χ0) is 19.1. The van der Waals surface area contributed by atoms with Crippen LogP contribution in [0.25, 0.3) is 0 Å². The zero-order valence-corrected chi connectivity index (χ0v) is 16.8. The van der Waals surface area contributed by atoms with Gasteiger partial charge in [0.2, 0.25) is 11.8 Å². The number of halogens is 1. The van der Waals surface area contributed by atoms with Crippen molar-refractivity contribution in [1.29, 1.82) is 0 Å². The van der Waals surface area contributed by atoms with Crippen LogP contribution in [0.2, 0.25) is 0 Å². The summed E-state index contributed by atoms with van der Waals surface area (Å²) in [5.74, 6) is 0.00514. The predicted octanol–water partition coefficient (Wildman–Crippen LogP) is 0.945. The quantitative estimate of drug-likeness (QED) is 0.653. The van der Waals surface area contributed by atoms with Crippen molar-refractivity contribution >= 4 is 30.1 Å². The number of hydrogen-bond acceptors (Lipinski definition) is 4. The van der Waals surface area contributed by atoms with E-state index in [0.29, 0.717) is 25.2 Å². The average molecular weight is 409 g/mol. The fraction of sp³-hybridized carbons (Fsp3) is 0.550. The van der Waals surface area contributed by atoms with Crippen LogP contribution >= 0.6 is 12.4 Å². The fourth-order valence-corrected chi connectivity index (χ4v) is 3.69. The van der Waals surface area contributed by atoms with E-state index in [1.54, 1.807) is 29.2 Å². The van der Waals surface area contributed by atoms with Crippen LogP contribution in [-0.4, -0.2) is 61.4 Å². The lowest BCUT2D eigenvalue weighted by Crippen LogP contribution is -2.48. The van der Waals surface area contributed by atoms with Crippen LogP contribution in [0, 0.1) is 5.92 Å². The maximum absolute atomic E-state index is 12.4. The molecule has 2 aliphatic rings. The van der Waals surface area contributed by atoms with Crippen LogP contribution in [0.3, 0.4) is 0 Å². The van der Waals surface area contributed by atoms with E-state index in [4.69, 9.17) is 0 Å². The minimum Gasteiger partial charge on any atom is -0.354 e. The van der Waals surface area contributed by atoms with Crippen molar-refractivity contribution in [3.63, 3.8) is 0 Å². The molecule has 7 nitrogen and oxygen atoms in total. The van der Waals surface area contributed by atoms with Gasteiger partial charge in [0.05, 0.1) is 12.6 Å². The second kappa shape index (κ2) is 11.0. The molecule has 2 unspecified atom stereocenters. The Balaban J connectivity index is 0.00000280. The van der Waals surface area contributed by atoms with Crippen LogP contribution in [0.4, 0.5) is 0 Å². The molecule has 2 saturated heterocycles. The number of amides is 3. The highest BCUT2D eigenvalue weighted by Crippen LogP contribution is 2.16. The number of piperidine rings is 1. The third-order valence-electron chi connectivity index (χ3n) is 5.25. The molecule has 0 aromatic heterocycles. The van der Waals surface area contributed by atoms with Gasteiger partial charge in [0.15, 0.2) is 0 Å². The third kappa shape index (κ3) is 6.21. The monoisotopic (exact) mass is 408 g/mol. The predicted molar refractivity (Wildman–Crippen MR) is 109 cm³/mol. The first kappa shape index (κ1) is 22.2. The van der Waals surface area contributed by atoms with Gasteiger partial charge in [-0.15, -0.1) is 12.4 Å². The zero-order valence-electron chi connectivity index (χ0n) is 16.0. The summed E-state index contributed by atoms with van der Waals surface area (Å²) in [5.41, 5.74) is 0.546. The normalized spacial score (nSPS) is 21.5. The molecule has 2 aliphatic heterocycles. The van der Waals surface area contributed by atoms with Gasteiger partial charge in [0.1, 0.15) is 0 Å². The minimum absolute atomic E-state index is 0. The van der Waals surface area contributed by atoms with E-state index in [0.717, 1.165) is 32.2 Å². The second-order valence-corrected chi connectivity index (χ2v) is 7.29. The molecule has 2 fully saturated rings. The Morgan fingerprint density at radius 1 is 1.07 bits per heavy atom. The standard InChI is InChI=1S/C20H28N4O3.ClH/c25-18(13-23-19(26)16-7-2-1-3-8-16)24-11-5-6-15(14-24)12-22-20(27)17-9-4-10-21-17;/h1-3,7-8,15,17,21H,4-6,9-14H2,(H,22,27)(H,23,26);1H. The van der Waals surface area contributed by atoms with Gasteiger partial charge in [0, 0.05) is 25.2 Å². The van der Waals surface area contributed by atoms with Crippen molar-refractivity contribution in [2.45, 2.75) is 31.7 Å². The fourth-order valence-electron chi connectivity index (χ4n) is 3.69. The van der Waals surface area contributed by atoms with E-state index in [9.17, 15) is 14.4 Å². The average Bonchev–Trinajstić information content (AvgIpc) is 3.26. The topological polar surface area (TPSA) is 90.5 Å². The lowest BCUT2D eigenvalue weighted by molar-refractivity contribution is -0.131. The molecule has 0 radical (unpaired) electrons. The van der Waals surface area contributed by atoms with E-state index in [1.807, 2.05) is 6.07 Å². The van der Waals surface area contributed by atoms with Crippen LogP contribution in [0.15, 0.2) is 30.3 Å². The molecule has 8 heteroatoms. The molecule has 2 atom stereocenters. The van der Waals surface area contributed by atoms with Gasteiger partial charge in [-0.1, -0.05) is 18.2 Å². The van der Waals surface area contributed by atoms with E-state index < -0.39 is 0 Å². The van der Waals surface area contributed by atoms with Crippen LogP contribution < -0.4 is 16.0 Å². The molecule has 3 amide bonds. The molecule has 3 N–H and O–H groups in total.